The molecule has 5 nitrogen and oxygen atoms in total. The number of nitrogens with one attached hydrogen (secondary N) is 1. The van der Waals surface area contributed by atoms with Crippen LogP contribution in [0.2, 0.25) is 0 Å². The van der Waals surface area contributed by atoms with Crippen molar-refractivity contribution in [3.8, 4) is 5.75 Å². The van der Waals surface area contributed by atoms with Crippen LogP contribution in [-0.4, -0.2) is 32.8 Å². The van der Waals surface area contributed by atoms with Gasteiger partial charge in [0.15, 0.2) is 11.3 Å². The molecule has 2 aromatic rings. The third-order valence-corrected chi connectivity index (χ3v) is 4.73. The predicted molar refractivity (Wildman–Crippen MR) is 93.4 cm³/mol. The molecule has 1 saturated heterocycles. The number of aromatic amines is 1. The van der Waals surface area contributed by atoms with Gasteiger partial charge < -0.3 is 9.47 Å². The average Bonchev–Trinajstić information content (AvgIpc) is 2.61. The van der Waals surface area contributed by atoms with Crippen LogP contribution in [0.15, 0.2) is 24.3 Å². The van der Waals surface area contributed by atoms with Crippen molar-refractivity contribution in [3.05, 3.63) is 29.8 Å². The third kappa shape index (κ3) is 3.16. The molecule has 0 bridgehead atoms. The van der Waals surface area contributed by atoms with Gasteiger partial charge in [-0.05, 0) is 38.3 Å². The molecule has 0 saturated carbocycles. The van der Waals surface area contributed by atoms with E-state index in [1.54, 1.807) is 7.11 Å². The van der Waals surface area contributed by atoms with E-state index >= 15 is 0 Å². The number of rotatable bonds is 4. The lowest BCUT2D eigenvalue weighted by molar-refractivity contribution is -0.331. The molecule has 1 aliphatic rings. The molecule has 1 aromatic heterocycles. The van der Waals surface area contributed by atoms with Gasteiger partial charge in [0.1, 0.15) is 0 Å². The number of fused-ring (bicyclic) bond motifs is 1. The number of para-hydroxylation sites is 1. The number of esters is 1. The molecular formula is C19H25N2O3+. The van der Waals surface area contributed by atoms with E-state index in [1.165, 1.54) is 10.9 Å². The van der Waals surface area contributed by atoms with Gasteiger partial charge >= 0.3 is 5.97 Å². The Morgan fingerprint density at radius 2 is 2.08 bits per heavy atom. The fourth-order valence-electron chi connectivity index (χ4n) is 3.39. The number of nitrogens with zero attached hydrogens (tertiary/aromatic N) is 1. The summed E-state index contributed by atoms with van der Waals surface area (Å²) in [5, 5.41) is 1.17. The molecule has 0 unspecified atom stereocenters. The minimum atomic E-state index is -0.0579. The van der Waals surface area contributed by atoms with Crippen molar-refractivity contribution in [3.63, 3.8) is 0 Å². The fourth-order valence-corrected chi connectivity index (χ4v) is 3.39. The van der Waals surface area contributed by atoms with Crippen LogP contribution in [0, 0.1) is 12.8 Å². The number of piperidine rings is 1. The first-order chi connectivity index (χ1) is 11.6. The molecule has 24 heavy (non-hydrogen) atoms. The first-order valence-electron chi connectivity index (χ1n) is 8.55. The van der Waals surface area contributed by atoms with E-state index in [-0.39, 0.29) is 11.9 Å². The van der Waals surface area contributed by atoms with Crippen LogP contribution in [0.4, 0.5) is 5.82 Å². The van der Waals surface area contributed by atoms with E-state index in [1.807, 2.05) is 19.1 Å². The number of anilines is 1. The molecule has 128 valence electrons. The third-order valence-electron chi connectivity index (χ3n) is 4.73. The summed E-state index contributed by atoms with van der Waals surface area (Å²) in [6.45, 7) is 6.12. The lowest BCUT2D eigenvalue weighted by atomic mass is 9.97. The van der Waals surface area contributed by atoms with E-state index < -0.39 is 0 Å². The smallest absolute Gasteiger partial charge is 0.309 e. The van der Waals surface area contributed by atoms with Crippen molar-refractivity contribution >= 4 is 22.7 Å². The van der Waals surface area contributed by atoms with Crippen LogP contribution in [0.5, 0.6) is 5.75 Å². The summed E-state index contributed by atoms with van der Waals surface area (Å²) in [5.74, 6) is 1.89. The lowest BCUT2D eigenvalue weighted by Crippen LogP contribution is -2.39. The van der Waals surface area contributed by atoms with Gasteiger partial charge in [0.2, 0.25) is 0 Å². The maximum atomic E-state index is 11.9. The van der Waals surface area contributed by atoms with Gasteiger partial charge in [-0.15, -0.1) is 0 Å². The number of aryl methyl sites for hydroxylation is 1. The molecule has 0 amide bonds. The highest BCUT2D eigenvalue weighted by molar-refractivity contribution is 5.85. The zero-order valence-corrected chi connectivity index (χ0v) is 14.6. The summed E-state index contributed by atoms with van der Waals surface area (Å²) in [5.41, 5.74) is 2.23. The lowest BCUT2D eigenvalue weighted by Gasteiger charge is -2.26. The number of carbonyl (C=O) groups excluding carboxylic acids is 1. The Balaban J connectivity index is 1.82. The summed E-state index contributed by atoms with van der Waals surface area (Å²) >= 11 is 0. The number of hydrogen-bond acceptors (Lipinski definition) is 4. The Morgan fingerprint density at radius 3 is 2.75 bits per heavy atom. The van der Waals surface area contributed by atoms with Crippen LogP contribution < -0.4 is 14.6 Å². The Hall–Kier alpha value is -2.30. The fraction of sp³-hybridized carbons (Fsp3) is 0.474. The van der Waals surface area contributed by atoms with E-state index in [2.05, 4.69) is 28.9 Å². The van der Waals surface area contributed by atoms with Crippen molar-refractivity contribution in [1.29, 1.82) is 0 Å². The summed E-state index contributed by atoms with van der Waals surface area (Å²) in [7, 11) is 1.69. The standard InChI is InChI=1S/C19H24N2O3/c1-4-24-19(22)14-8-10-21(11-9-14)17-12-13(2)15-6-5-7-16(23-3)18(15)20-17/h5-7,12,14H,4,8-11H2,1-3H3/p+1. The number of ether oxygens (including phenoxy) is 2. The summed E-state index contributed by atoms with van der Waals surface area (Å²) < 4.78 is 10.6. The summed E-state index contributed by atoms with van der Waals surface area (Å²) in [6, 6.07) is 8.24. The first-order valence-corrected chi connectivity index (χ1v) is 8.55. The molecule has 0 spiro atoms. The Morgan fingerprint density at radius 1 is 1.33 bits per heavy atom. The van der Waals surface area contributed by atoms with Gasteiger partial charge in [-0.3, -0.25) is 9.69 Å². The number of hydrogen-bond donors (Lipinski definition) is 0. The van der Waals surface area contributed by atoms with Gasteiger partial charge in [0.05, 0.1) is 32.7 Å². The van der Waals surface area contributed by atoms with Gasteiger partial charge in [0.25, 0.3) is 5.82 Å². The molecule has 1 aliphatic heterocycles. The largest absolute Gasteiger partial charge is 0.492 e. The van der Waals surface area contributed by atoms with Crippen LogP contribution >= 0.6 is 0 Å². The van der Waals surface area contributed by atoms with Crippen molar-refractivity contribution in [2.24, 2.45) is 5.92 Å². The molecule has 3 rings (SSSR count). The second-order valence-electron chi connectivity index (χ2n) is 6.23. The highest BCUT2D eigenvalue weighted by atomic mass is 16.5. The van der Waals surface area contributed by atoms with E-state index in [0.29, 0.717) is 6.61 Å². The number of H-pyrrole nitrogens is 1. The molecule has 2 heterocycles. The topological polar surface area (TPSA) is 52.9 Å². The molecule has 1 fully saturated rings. The number of pyridine rings is 1. The number of aromatic nitrogens is 1. The van der Waals surface area contributed by atoms with Crippen molar-refractivity contribution < 1.29 is 19.3 Å². The van der Waals surface area contributed by atoms with Gasteiger partial charge in [-0.1, -0.05) is 12.1 Å². The highest BCUT2D eigenvalue weighted by Crippen LogP contribution is 2.28. The molecule has 1 aromatic carbocycles. The highest BCUT2D eigenvalue weighted by Gasteiger charge is 2.30. The van der Waals surface area contributed by atoms with Crippen molar-refractivity contribution in [2.45, 2.75) is 26.7 Å². The van der Waals surface area contributed by atoms with Crippen LogP contribution in [0.25, 0.3) is 10.9 Å². The molecule has 0 aliphatic carbocycles. The molecule has 0 atom stereocenters. The normalized spacial score (nSPS) is 15.5. The first kappa shape index (κ1) is 16.6. The zero-order chi connectivity index (χ0) is 17.1. The SMILES string of the molecule is CCOC(=O)C1CCN(c2cc(C)c3cccc(OC)c3[nH+]2)CC1. The average molecular weight is 329 g/mol. The van der Waals surface area contributed by atoms with Gasteiger partial charge in [0, 0.05) is 11.5 Å². The zero-order valence-electron chi connectivity index (χ0n) is 14.6. The maximum Gasteiger partial charge on any atom is 0.309 e. The molecule has 5 heteroatoms. The quantitative estimate of drug-likeness (QED) is 0.810. The Kier molecular flexibility index (Phi) is 4.88. The maximum absolute atomic E-state index is 11.9. The van der Waals surface area contributed by atoms with E-state index in [4.69, 9.17) is 9.47 Å². The van der Waals surface area contributed by atoms with Crippen molar-refractivity contribution in [2.75, 3.05) is 31.7 Å². The minimum Gasteiger partial charge on any atom is -0.492 e. The van der Waals surface area contributed by atoms with Crippen LogP contribution in [0.3, 0.4) is 0 Å². The number of carbonyl (C=O) groups is 1. The molecule has 0 radical (unpaired) electrons. The van der Waals surface area contributed by atoms with Crippen molar-refractivity contribution in [1.82, 2.24) is 0 Å². The second-order valence-corrected chi connectivity index (χ2v) is 6.23. The van der Waals surface area contributed by atoms with E-state index in [0.717, 1.165) is 43.0 Å². The summed E-state index contributed by atoms with van der Waals surface area (Å²) in [4.78, 5) is 17.7. The molecule has 1 N–H and O–H groups in total. The Bertz CT molecular complexity index is 737. The minimum absolute atomic E-state index is 0.0253. The van der Waals surface area contributed by atoms with E-state index in [9.17, 15) is 4.79 Å². The predicted octanol–water partition coefficient (Wildman–Crippen LogP) is 2.75. The van der Waals surface area contributed by atoms with Gasteiger partial charge in [-0.25, -0.2) is 4.98 Å². The van der Waals surface area contributed by atoms with Gasteiger partial charge in [-0.2, -0.15) is 0 Å². The number of methoxy groups -OCH3 is 1. The monoisotopic (exact) mass is 329 g/mol. The van der Waals surface area contributed by atoms with Crippen LogP contribution in [0.1, 0.15) is 25.3 Å². The van der Waals surface area contributed by atoms with Crippen LogP contribution in [-0.2, 0) is 9.53 Å². The number of benzene rings is 1. The summed E-state index contributed by atoms with van der Waals surface area (Å²) in [6.07, 6.45) is 1.66. The Labute approximate surface area is 142 Å². The molecular weight excluding hydrogens is 304 g/mol. The second kappa shape index (κ2) is 7.07.